The molecule has 2 atom stereocenters. The van der Waals surface area contributed by atoms with E-state index in [1.165, 1.54) is 36.4 Å². The minimum atomic E-state index is -0.764. The number of nitrogens with zero attached hydrogens (tertiary/aromatic N) is 2. The van der Waals surface area contributed by atoms with Crippen molar-refractivity contribution in [3.8, 4) is 0 Å². The van der Waals surface area contributed by atoms with E-state index in [0.717, 1.165) is 32.3 Å². The van der Waals surface area contributed by atoms with Crippen molar-refractivity contribution in [3.63, 3.8) is 0 Å². The SMILES string of the molecule is O=C(CN(C(=O)c1ccc(Cl)c(Cl)c1)N1C(=O)[C@@H]2C3c4ccccc4C(c4ccccc43)[C@@H]2C1=O)c1ccc(Cl)cc1Cl. The number of hydrogen-bond donors (Lipinski definition) is 0. The Labute approximate surface area is 266 Å². The molecule has 1 fully saturated rings. The highest BCUT2D eigenvalue weighted by molar-refractivity contribution is 6.42. The van der Waals surface area contributed by atoms with E-state index in [1.807, 2.05) is 48.5 Å². The van der Waals surface area contributed by atoms with Gasteiger partial charge >= 0.3 is 0 Å². The van der Waals surface area contributed by atoms with Crippen LogP contribution < -0.4 is 0 Å². The number of Topliss-reactive ketones (excluding diaryl/α,β-unsaturated/α-hetero) is 1. The third kappa shape index (κ3) is 4.31. The zero-order valence-electron chi connectivity index (χ0n) is 22.1. The van der Waals surface area contributed by atoms with Crippen LogP contribution in [0.2, 0.25) is 20.1 Å². The van der Waals surface area contributed by atoms with E-state index in [1.54, 1.807) is 0 Å². The highest BCUT2D eigenvalue weighted by Gasteiger charge is 2.63. The number of imide groups is 1. The number of hydrogen-bond acceptors (Lipinski definition) is 4. The Bertz CT molecular complexity index is 1780. The van der Waals surface area contributed by atoms with Gasteiger partial charge in [0.25, 0.3) is 17.7 Å². The Balaban J connectivity index is 1.34. The summed E-state index contributed by atoms with van der Waals surface area (Å²) in [5.74, 6) is -4.70. The second-order valence-corrected chi connectivity index (χ2v) is 12.5. The van der Waals surface area contributed by atoms with Gasteiger partial charge in [-0.2, -0.15) is 5.01 Å². The predicted molar refractivity (Wildman–Crippen MR) is 164 cm³/mol. The maximum absolute atomic E-state index is 14.4. The fourth-order valence-corrected chi connectivity index (χ4v) is 7.66. The summed E-state index contributed by atoms with van der Waals surface area (Å²) in [5.41, 5.74) is 4.09. The summed E-state index contributed by atoms with van der Waals surface area (Å²) in [6.45, 7) is -0.632. The topological polar surface area (TPSA) is 74.8 Å². The zero-order chi connectivity index (χ0) is 30.2. The van der Waals surface area contributed by atoms with Crippen LogP contribution in [-0.4, -0.2) is 40.1 Å². The molecule has 0 spiro atoms. The molecule has 0 N–H and O–H groups in total. The summed E-state index contributed by atoms with van der Waals surface area (Å²) in [5, 5.41) is 2.51. The number of carbonyl (C=O) groups is 4. The number of rotatable bonds is 5. The molecule has 1 saturated heterocycles. The minimum absolute atomic E-state index is 0.0504. The van der Waals surface area contributed by atoms with Gasteiger partial charge in [0, 0.05) is 28.0 Å². The van der Waals surface area contributed by atoms with Crippen LogP contribution in [0.25, 0.3) is 0 Å². The third-order valence-corrected chi connectivity index (χ3v) is 9.88. The lowest BCUT2D eigenvalue weighted by molar-refractivity contribution is -0.154. The van der Waals surface area contributed by atoms with E-state index in [2.05, 4.69) is 0 Å². The van der Waals surface area contributed by atoms with Crippen molar-refractivity contribution >= 4 is 69.9 Å². The molecule has 0 unspecified atom stereocenters. The first-order valence-corrected chi connectivity index (χ1v) is 15.0. The van der Waals surface area contributed by atoms with Gasteiger partial charge in [0.2, 0.25) is 0 Å². The number of amides is 3. The highest BCUT2D eigenvalue weighted by Crippen LogP contribution is 2.61. The summed E-state index contributed by atoms with van der Waals surface area (Å²) in [6.07, 6.45) is 0. The Morgan fingerprint density at radius 3 is 1.67 bits per heavy atom. The molecule has 8 rings (SSSR count). The molecule has 0 radical (unpaired) electrons. The molecule has 2 bridgehead atoms. The first-order valence-electron chi connectivity index (χ1n) is 13.5. The van der Waals surface area contributed by atoms with Gasteiger partial charge in [0.05, 0.1) is 26.9 Å². The van der Waals surface area contributed by atoms with E-state index in [-0.39, 0.29) is 38.0 Å². The lowest BCUT2D eigenvalue weighted by Gasteiger charge is -2.45. The van der Waals surface area contributed by atoms with Gasteiger partial charge < -0.3 is 0 Å². The summed E-state index contributed by atoms with van der Waals surface area (Å²) < 4.78 is 0. The molecule has 6 nitrogen and oxygen atoms in total. The first kappa shape index (κ1) is 28.1. The predicted octanol–water partition coefficient (Wildman–Crippen LogP) is 7.43. The van der Waals surface area contributed by atoms with Crippen LogP contribution in [0, 0.1) is 11.8 Å². The maximum atomic E-state index is 14.4. The lowest BCUT2D eigenvalue weighted by Crippen LogP contribution is -2.52. The van der Waals surface area contributed by atoms with Crippen LogP contribution in [-0.2, 0) is 9.59 Å². The van der Waals surface area contributed by atoms with Crippen molar-refractivity contribution in [1.82, 2.24) is 10.0 Å². The summed E-state index contributed by atoms with van der Waals surface area (Å²) in [4.78, 5) is 56.5. The van der Waals surface area contributed by atoms with Gasteiger partial charge in [-0.05, 0) is 58.7 Å². The molecule has 4 aromatic rings. The second kappa shape index (κ2) is 10.5. The molecule has 3 aliphatic carbocycles. The van der Waals surface area contributed by atoms with Crippen molar-refractivity contribution in [2.75, 3.05) is 6.54 Å². The third-order valence-electron chi connectivity index (χ3n) is 8.59. The van der Waals surface area contributed by atoms with E-state index >= 15 is 0 Å². The second-order valence-electron chi connectivity index (χ2n) is 10.8. The average Bonchev–Trinajstić information content (AvgIpc) is 3.26. The Kier molecular flexibility index (Phi) is 6.86. The van der Waals surface area contributed by atoms with Gasteiger partial charge in [0.1, 0.15) is 6.54 Å². The normalized spacial score (nSPS) is 21.3. The lowest BCUT2D eigenvalue weighted by atomic mass is 9.55. The van der Waals surface area contributed by atoms with Crippen molar-refractivity contribution in [3.05, 3.63) is 138 Å². The van der Waals surface area contributed by atoms with Crippen molar-refractivity contribution in [1.29, 1.82) is 0 Å². The van der Waals surface area contributed by atoms with Gasteiger partial charge in [-0.15, -0.1) is 0 Å². The smallest absolute Gasteiger partial charge is 0.273 e. The van der Waals surface area contributed by atoms with Gasteiger partial charge in [-0.25, -0.2) is 5.01 Å². The number of hydrazine groups is 1. The summed E-state index contributed by atoms with van der Waals surface area (Å²) >= 11 is 24.7. The van der Waals surface area contributed by atoms with E-state index in [9.17, 15) is 19.2 Å². The minimum Gasteiger partial charge on any atom is -0.292 e. The number of benzene rings is 4. The highest BCUT2D eigenvalue weighted by atomic mass is 35.5. The first-order chi connectivity index (χ1) is 20.7. The molecule has 3 amide bonds. The molecule has 4 aliphatic rings. The molecule has 4 aromatic carbocycles. The van der Waals surface area contributed by atoms with Crippen LogP contribution in [0.5, 0.6) is 0 Å². The van der Waals surface area contributed by atoms with Crippen molar-refractivity contribution in [2.24, 2.45) is 11.8 Å². The molecule has 214 valence electrons. The fraction of sp³-hybridized carbons (Fsp3) is 0.152. The van der Waals surface area contributed by atoms with Crippen LogP contribution in [0.4, 0.5) is 0 Å². The van der Waals surface area contributed by atoms with E-state index in [4.69, 9.17) is 46.4 Å². The molecular formula is C33H20Cl4N2O4. The Hall–Kier alpha value is -3.68. The number of halogens is 4. The molecule has 0 saturated carbocycles. The van der Waals surface area contributed by atoms with Crippen molar-refractivity contribution in [2.45, 2.75) is 11.8 Å². The van der Waals surface area contributed by atoms with Gasteiger partial charge in [0.15, 0.2) is 5.78 Å². The average molecular weight is 650 g/mol. The van der Waals surface area contributed by atoms with E-state index < -0.39 is 41.9 Å². The van der Waals surface area contributed by atoms with E-state index in [0.29, 0.717) is 5.02 Å². The largest absolute Gasteiger partial charge is 0.292 e. The molecule has 1 heterocycles. The van der Waals surface area contributed by atoms with Crippen molar-refractivity contribution < 1.29 is 19.2 Å². The van der Waals surface area contributed by atoms with Crippen LogP contribution in [0.1, 0.15) is 54.8 Å². The number of ketones is 1. The fourth-order valence-electron chi connectivity index (χ4n) is 6.85. The monoisotopic (exact) mass is 648 g/mol. The molecule has 43 heavy (non-hydrogen) atoms. The Morgan fingerprint density at radius 2 is 1.19 bits per heavy atom. The number of carbonyl (C=O) groups excluding carboxylic acids is 4. The molecular weight excluding hydrogens is 630 g/mol. The maximum Gasteiger partial charge on any atom is 0.273 e. The van der Waals surface area contributed by atoms with Crippen LogP contribution in [0.3, 0.4) is 0 Å². The Morgan fingerprint density at radius 1 is 0.651 bits per heavy atom. The van der Waals surface area contributed by atoms with Crippen LogP contribution >= 0.6 is 46.4 Å². The van der Waals surface area contributed by atoms with Gasteiger partial charge in [-0.3, -0.25) is 19.2 Å². The summed E-state index contributed by atoms with van der Waals surface area (Å²) in [7, 11) is 0. The van der Waals surface area contributed by atoms with Crippen LogP contribution in [0.15, 0.2) is 84.9 Å². The standard InChI is InChI=1S/C33H20Cl4N2O4/c34-17-10-11-22(24(36)14-17)26(40)15-38(31(41)16-9-12-23(35)25(37)13-16)39-32(42)29-27-18-5-1-2-6-19(18)28(30(29)33(39)43)21-8-4-3-7-20(21)27/h1-14,27-30H,15H2/t27?,28?,29-,30+. The molecule has 0 aromatic heterocycles. The molecule has 1 aliphatic heterocycles. The quantitative estimate of drug-likeness (QED) is 0.166. The zero-order valence-corrected chi connectivity index (χ0v) is 25.2. The van der Waals surface area contributed by atoms with Gasteiger partial charge in [-0.1, -0.05) is 94.9 Å². The molecule has 10 heteroatoms. The summed E-state index contributed by atoms with van der Waals surface area (Å²) in [6, 6.07) is 24.2.